The third-order valence-electron chi connectivity index (χ3n) is 2.31. The third kappa shape index (κ3) is 2.51. The normalized spacial score (nSPS) is 23.9. The first-order valence-electron chi connectivity index (χ1n) is 4.31. The number of carbonyl (C=O) groups is 1. The monoisotopic (exact) mass is 140 g/mol. The Morgan fingerprint density at radius 1 is 1.20 bits per heavy atom. The Morgan fingerprint density at radius 2 is 1.70 bits per heavy atom. The lowest BCUT2D eigenvalue weighted by atomic mass is 9.92. The molecular weight excluding hydrogens is 124 g/mol. The van der Waals surface area contributed by atoms with Crippen molar-refractivity contribution < 1.29 is 4.79 Å². The molecular formula is C9H16O. The maximum absolute atomic E-state index is 10.9. The maximum Gasteiger partial charge on any atom is 0.132 e. The first kappa shape index (κ1) is 7.77. The molecule has 1 rings (SSSR count). The summed E-state index contributed by atoms with van der Waals surface area (Å²) in [4.78, 5) is 10.9. The molecule has 1 heteroatoms. The molecule has 1 nitrogen and oxygen atoms in total. The van der Waals surface area contributed by atoms with E-state index in [1.807, 2.05) is 0 Å². The zero-order chi connectivity index (χ0) is 7.40. The number of rotatable bonds is 0. The zero-order valence-corrected chi connectivity index (χ0v) is 6.73. The Bertz CT molecular complexity index is 106. The van der Waals surface area contributed by atoms with Gasteiger partial charge in [0.05, 0.1) is 0 Å². The SMILES string of the molecule is CC1CCCC(=O)CCC1. The van der Waals surface area contributed by atoms with Crippen LogP contribution in [0.4, 0.5) is 0 Å². The van der Waals surface area contributed by atoms with Gasteiger partial charge in [0.1, 0.15) is 5.78 Å². The van der Waals surface area contributed by atoms with Crippen molar-refractivity contribution in [3.63, 3.8) is 0 Å². The van der Waals surface area contributed by atoms with Crippen LogP contribution in [0.25, 0.3) is 0 Å². The van der Waals surface area contributed by atoms with E-state index in [-0.39, 0.29) is 0 Å². The van der Waals surface area contributed by atoms with E-state index in [2.05, 4.69) is 6.92 Å². The molecule has 0 aromatic carbocycles. The molecule has 0 saturated heterocycles. The van der Waals surface area contributed by atoms with Crippen molar-refractivity contribution in [2.24, 2.45) is 5.92 Å². The van der Waals surface area contributed by atoms with Crippen LogP contribution in [-0.4, -0.2) is 5.78 Å². The lowest BCUT2D eigenvalue weighted by molar-refractivity contribution is -0.119. The Morgan fingerprint density at radius 3 is 2.20 bits per heavy atom. The highest BCUT2D eigenvalue weighted by Crippen LogP contribution is 2.19. The molecule has 0 unspecified atom stereocenters. The van der Waals surface area contributed by atoms with Crippen LogP contribution in [0.2, 0.25) is 0 Å². The zero-order valence-electron chi connectivity index (χ0n) is 6.73. The van der Waals surface area contributed by atoms with Crippen LogP contribution in [-0.2, 0) is 4.79 Å². The topological polar surface area (TPSA) is 17.1 Å². The van der Waals surface area contributed by atoms with E-state index in [9.17, 15) is 4.79 Å². The maximum atomic E-state index is 10.9. The standard InChI is InChI=1S/C9H16O/c1-8-4-2-6-9(10)7-3-5-8/h8H,2-7H2,1H3. The number of ketones is 1. The molecule has 1 aliphatic carbocycles. The molecule has 0 atom stereocenters. The molecule has 0 radical (unpaired) electrons. The van der Waals surface area contributed by atoms with Crippen LogP contribution in [0, 0.1) is 5.92 Å². The number of hydrogen-bond acceptors (Lipinski definition) is 1. The van der Waals surface area contributed by atoms with Crippen LogP contribution >= 0.6 is 0 Å². The molecule has 1 aliphatic rings. The second-order valence-corrected chi connectivity index (χ2v) is 3.43. The van der Waals surface area contributed by atoms with Crippen molar-refractivity contribution in [3.05, 3.63) is 0 Å². The van der Waals surface area contributed by atoms with Gasteiger partial charge < -0.3 is 0 Å². The number of hydrogen-bond donors (Lipinski definition) is 0. The molecule has 0 bridgehead atoms. The van der Waals surface area contributed by atoms with Crippen molar-refractivity contribution in [1.29, 1.82) is 0 Å². The van der Waals surface area contributed by atoms with Crippen molar-refractivity contribution >= 4 is 5.78 Å². The van der Waals surface area contributed by atoms with Crippen molar-refractivity contribution in [2.45, 2.75) is 45.4 Å². The van der Waals surface area contributed by atoms with Crippen molar-refractivity contribution in [1.82, 2.24) is 0 Å². The van der Waals surface area contributed by atoms with Gasteiger partial charge in [-0.1, -0.05) is 19.8 Å². The van der Waals surface area contributed by atoms with Gasteiger partial charge >= 0.3 is 0 Å². The van der Waals surface area contributed by atoms with Gasteiger partial charge in [-0.25, -0.2) is 0 Å². The van der Waals surface area contributed by atoms with Gasteiger partial charge in [0.15, 0.2) is 0 Å². The minimum Gasteiger partial charge on any atom is -0.300 e. The average molecular weight is 140 g/mol. The molecule has 0 aliphatic heterocycles. The smallest absolute Gasteiger partial charge is 0.132 e. The number of Topliss-reactive ketones (excluding diaryl/α,β-unsaturated/α-hetero) is 1. The predicted molar refractivity (Wildman–Crippen MR) is 41.9 cm³/mol. The second kappa shape index (κ2) is 3.75. The van der Waals surface area contributed by atoms with Crippen LogP contribution in [0.5, 0.6) is 0 Å². The van der Waals surface area contributed by atoms with Crippen LogP contribution in [0.1, 0.15) is 45.4 Å². The van der Waals surface area contributed by atoms with E-state index in [4.69, 9.17) is 0 Å². The molecule has 0 aromatic rings. The Kier molecular flexibility index (Phi) is 2.91. The fourth-order valence-corrected chi connectivity index (χ4v) is 1.56. The summed E-state index contributed by atoms with van der Waals surface area (Å²) in [6.45, 7) is 2.29. The van der Waals surface area contributed by atoms with Crippen LogP contribution in [0.15, 0.2) is 0 Å². The summed E-state index contributed by atoms with van der Waals surface area (Å²) in [6.07, 6.45) is 6.44. The van der Waals surface area contributed by atoms with Gasteiger partial charge in [0.2, 0.25) is 0 Å². The lowest BCUT2D eigenvalue weighted by Crippen LogP contribution is -2.05. The largest absolute Gasteiger partial charge is 0.300 e. The van der Waals surface area contributed by atoms with Gasteiger partial charge in [-0.2, -0.15) is 0 Å². The minimum absolute atomic E-state index is 0.479. The summed E-state index contributed by atoms with van der Waals surface area (Å²) < 4.78 is 0. The van der Waals surface area contributed by atoms with E-state index in [0.29, 0.717) is 5.78 Å². The van der Waals surface area contributed by atoms with Crippen molar-refractivity contribution in [3.8, 4) is 0 Å². The van der Waals surface area contributed by atoms with Gasteiger partial charge in [0.25, 0.3) is 0 Å². The minimum atomic E-state index is 0.479. The van der Waals surface area contributed by atoms with E-state index in [1.165, 1.54) is 12.8 Å². The average Bonchev–Trinajstić information content (AvgIpc) is 1.84. The summed E-state index contributed by atoms with van der Waals surface area (Å²) in [5, 5.41) is 0. The summed E-state index contributed by atoms with van der Waals surface area (Å²) in [7, 11) is 0. The Labute approximate surface area is 62.8 Å². The first-order valence-corrected chi connectivity index (χ1v) is 4.31. The molecule has 1 saturated carbocycles. The van der Waals surface area contributed by atoms with Crippen LogP contribution < -0.4 is 0 Å². The second-order valence-electron chi connectivity index (χ2n) is 3.43. The Balaban J connectivity index is 2.27. The molecule has 0 spiro atoms. The molecule has 10 heavy (non-hydrogen) atoms. The van der Waals surface area contributed by atoms with Gasteiger partial charge in [-0.05, 0) is 18.8 Å². The van der Waals surface area contributed by atoms with E-state index >= 15 is 0 Å². The summed E-state index contributed by atoms with van der Waals surface area (Å²) in [6, 6.07) is 0. The Hall–Kier alpha value is -0.330. The van der Waals surface area contributed by atoms with E-state index < -0.39 is 0 Å². The quantitative estimate of drug-likeness (QED) is 0.505. The van der Waals surface area contributed by atoms with Gasteiger partial charge in [-0.3, -0.25) is 4.79 Å². The fourth-order valence-electron chi connectivity index (χ4n) is 1.56. The molecule has 58 valence electrons. The summed E-state index contributed by atoms with van der Waals surface area (Å²) >= 11 is 0. The summed E-state index contributed by atoms with van der Waals surface area (Å²) in [5.74, 6) is 1.33. The molecule has 1 fully saturated rings. The number of carbonyl (C=O) groups excluding carboxylic acids is 1. The molecule has 0 aromatic heterocycles. The van der Waals surface area contributed by atoms with Gasteiger partial charge in [0, 0.05) is 12.8 Å². The van der Waals surface area contributed by atoms with E-state index in [1.54, 1.807) is 0 Å². The lowest BCUT2D eigenvalue weighted by Gasteiger charge is -2.13. The highest BCUT2D eigenvalue weighted by Gasteiger charge is 2.09. The fraction of sp³-hybridized carbons (Fsp3) is 0.889. The highest BCUT2D eigenvalue weighted by molar-refractivity contribution is 5.78. The molecule has 0 heterocycles. The van der Waals surface area contributed by atoms with Gasteiger partial charge in [-0.15, -0.1) is 0 Å². The third-order valence-corrected chi connectivity index (χ3v) is 2.31. The predicted octanol–water partition coefficient (Wildman–Crippen LogP) is 2.55. The molecule has 0 N–H and O–H groups in total. The van der Waals surface area contributed by atoms with Crippen molar-refractivity contribution in [2.75, 3.05) is 0 Å². The first-order chi connectivity index (χ1) is 4.79. The molecule has 0 amide bonds. The highest BCUT2D eigenvalue weighted by atomic mass is 16.1. The summed E-state index contributed by atoms with van der Waals surface area (Å²) in [5.41, 5.74) is 0. The van der Waals surface area contributed by atoms with Crippen LogP contribution in [0.3, 0.4) is 0 Å². The van der Waals surface area contributed by atoms with E-state index in [0.717, 1.165) is 31.6 Å².